The van der Waals surface area contributed by atoms with Crippen LogP contribution in [0.15, 0.2) is 35.5 Å². The van der Waals surface area contributed by atoms with Gasteiger partial charge in [-0.15, -0.1) is 0 Å². The van der Waals surface area contributed by atoms with E-state index in [4.69, 9.17) is 14.2 Å². The first kappa shape index (κ1) is 21.0. The zero-order chi connectivity index (χ0) is 22.8. The smallest absolute Gasteiger partial charge is 0.335 e. The highest BCUT2D eigenvalue weighted by Crippen LogP contribution is 2.62. The van der Waals surface area contributed by atoms with Crippen LogP contribution in [0.5, 0.6) is 0 Å². The molecule has 0 amide bonds. The number of nitrogens with one attached hydrogen (secondary N) is 1. The Hall–Kier alpha value is -2.87. The molecule has 0 saturated carbocycles. The average molecular weight is 440 g/mol. The molecule has 1 aromatic carbocycles. The largest absolute Gasteiger partial charge is 0.466 e. The van der Waals surface area contributed by atoms with E-state index in [1.165, 1.54) is 26.5 Å². The van der Waals surface area contributed by atoms with Crippen molar-refractivity contribution in [2.24, 2.45) is 5.92 Å². The lowest BCUT2D eigenvalue weighted by Crippen LogP contribution is -2.68. The number of anilines is 1. The number of carbonyl (C=O) groups excluding carboxylic acids is 3. The molecule has 8 heteroatoms. The topological polar surface area (TPSA) is 94.2 Å². The number of rotatable bonds is 4. The van der Waals surface area contributed by atoms with Gasteiger partial charge in [-0.2, -0.15) is 0 Å². The van der Waals surface area contributed by atoms with E-state index < -0.39 is 35.5 Å². The molecule has 3 aliphatic heterocycles. The summed E-state index contributed by atoms with van der Waals surface area (Å²) < 4.78 is 16.8. The molecule has 2 bridgehead atoms. The van der Waals surface area contributed by atoms with Crippen molar-refractivity contribution in [2.75, 3.05) is 25.5 Å². The van der Waals surface area contributed by atoms with Crippen molar-refractivity contribution in [3.8, 4) is 0 Å². The van der Waals surface area contributed by atoms with Gasteiger partial charge < -0.3 is 19.5 Å². The van der Waals surface area contributed by atoms with Gasteiger partial charge in [0.25, 0.3) is 0 Å². The quantitative estimate of drug-likeness (QED) is 0.562. The van der Waals surface area contributed by atoms with Crippen LogP contribution in [0, 0.1) is 5.92 Å². The first-order chi connectivity index (χ1) is 15.2. The molecule has 5 rings (SSSR count). The summed E-state index contributed by atoms with van der Waals surface area (Å²) in [4.78, 5) is 39.8. The van der Waals surface area contributed by atoms with Crippen molar-refractivity contribution < 1.29 is 28.6 Å². The van der Waals surface area contributed by atoms with E-state index in [0.29, 0.717) is 18.5 Å². The van der Waals surface area contributed by atoms with E-state index in [-0.39, 0.29) is 11.5 Å². The molecule has 5 unspecified atom stereocenters. The highest BCUT2D eigenvalue weighted by Gasteiger charge is 2.68. The summed E-state index contributed by atoms with van der Waals surface area (Å²) in [5, 5.41) is 3.52. The maximum absolute atomic E-state index is 13.3. The third-order valence-corrected chi connectivity index (χ3v) is 7.80. The second kappa shape index (κ2) is 7.07. The Morgan fingerprint density at radius 1 is 1.19 bits per heavy atom. The first-order valence-electron chi connectivity index (χ1n) is 11.0. The van der Waals surface area contributed by atoms with Gasteiger partial charge in [-0.25, -0.2) is 4.79 Å². The molecular formula is C24H28N2O6. The minimum Gasteiger partial charge on any atom is -0.466 e. The van der Waals surface area contributed by atoms with Gasteiger partial charge in [0.05, 0.1) is 18.1 Å². The van der Waals surface area contributed by atoms with Crippen LogP contribution in [-0.2, 0) is 34.0 Å². The van der Waals surface area contributed by atoms with E-state index in [1.54, 1.807) is 6.92 Å². The third-order valence-electron chi connectivity index (χ3n) is 7.80. The minimum absolute atomic E-state index is 0.139. The van der Waals surface area contributed by atoms with Gasteiger partial charge in [-0.3, -0.25) is 14.5 Å². The summed E-state index contributed by atoms with van der Waals surface area (Å²) in [6.45, 7) is 5.58. The van der Waals surface area contributed by atoms with Crippen LogP contribution in [0.25, 0.3) is 0 Å². The Bertz CT molecular complexity index is 1050. The van der Waals surface area contributed by atoms with Crippen molar-refractivity contribution in [3.05, 3.63) is 41.1 Å². The molecular weight excluding hydrogens is 412 g/mol. The Morgan fingerprint density at radius 3 is 2.62 bits per heavy atom. The van der Waals surface area contributed by atoms with E-state index in [0.717, 1.165) is 24.4 Å². The number of hydrogen-bond donors (Lipinski definition) is 1. The van der Waals surface area contributed by atoms with Gasteiger partial charge in [0, 0.05) is 43.7 Å². The molecule has 1 aromatic rings. The van der Waals surface area contributed by atoms with Gasteiger partial charge in [0.1, 0.15) is 6.10 Å². The fourth-order valence-corrected chi connectivity index (χ4v) is 6.72. The van der Waals surface area contributed by atoms with Gasteiger partial charge in [-0.1, -0.05) is 18.2 Å². The molecule has 1 N–H and O–H groups in total. The van der Waals surface area contributed by atoms with Crippen LogP contribution in [-0.4, -0.2) is 60.8 Å². The summed E-state index contributed by atoms with van der Waals surface area (Å²) in [5.41, 5.74) is 1.98. The fraction of sp³-hybridized carbons (Fsp3) is 0.542. The zero-order valence-electron chi connectivity index (χ0n) is 18.8. The monoisotopic (exact) mass is 440 g/mol. The minimum atomic E-state index is -1.20. The van der Waals surface area contributed by atoms with Crippen LogP contribution < -0.4 is 5.32 Å². The van der Waals surface area contributed by atoms with Gasteiger partial charge >= 0.3 is 17.9 Å². The number of hydrogen-bond acceptors (Lipinski definition) is 8. The Morgan fingerprint density at radius 2 is 1.94 bits per heavy atom. The molecule has 4 aliphatic rings. The zero-order valence-corrected chi connectivity index (χ0v) is 18.8. The lowest BCUT2D eigenvalue weighted by Gasteiger charge is -2.56. The van der Waals surface area contributed by atoms with Gasteiger partial charge in [0.15, 0.2) is 5.60 Å². The maximum atomic E-state index is 13.3. The van der Waals surface area contributed by atoms with Crippen LogP contribution in [0.1, 0.15) is 39.2 Å². The number of nitrogens with zero attached hydrogens (tertiary/aromatic N) is 1. The van der Waals surface area contributed by atoms with E-state index >= 15 is 0 Å². The van der Waals surface area contributed by atoms with Crippen molar-refractivity contribution in [3.63, 3.8) is 0 Å². The number of benzene rings is 1. The van der Waals surface area contributed by atoms with E-state index in [9.17, 15) is 14.4 Å². The van der Waals surface area contributed by atoms with Crippen LogP contribution >= 0.6 is 0 Å². The summed E-state index contributed by atoms with van der Waals surface area (Å²) in [6, 6.07) is 8.30. The van der Waals surface area contributed by atoms with Crippen molar-refractivity contribution in [1.29, 1.82) is 0 Å². The summed E-state index contributed by atoms with van der Waals surface area (Å²) >= 11 is 0. The van der Waals surface area contributed by atoms with Crippen LogP contribution in [0.4, 0.5) is 5.69 Å². The predicted molar refractivity (Wildman–Crippen MR) is 115 cm³/mol. The number of esters is 3. The normalized spacial score (nSPS) is 33.0. The fourth-order valence-electron chi connectivity index (χ4n) is 6.72. The molecule has 3 heterocycles. The predicted octanol–water partition coefficient (Wildman–Crippen LogP) is 2.14. The Balaban J connectivity index is 1.76. The number of para-hydroxylation sites is 1. The van der Waals surface area contributed by atoms with Crippen molar-refractivity contribution in [1.82, 2.24) is 4.90 Å². The molecule has 0 aromatic heterocycles. The lowest BCUT2D eigenvalue weighted by atomic mass is 9.58. The van der Waals surface area contributed by atoms with E-state index in [1.807, 2.05) is 18.2 Å². The molecule has 0 radical (unpaired) electrons. The maximum Gasteiger partial charge on any atom is 0.335 e. The summed E-state index contributed by atoms with van der Waals surface area (Å²) in [7, 11) is 1.36. The molecule has 170 valence electrons. The highest BCUT2D eigenvalue weighted by atomic mass is 16.6. The van der Waals surface area contributed by atoms with Gasteiger partial charge in [0.2, 0.25) is 0 Å². The number of fused-ring (bicyclic) bond motifs is 2. The molecule has 32 heavy (non-hydrogen) atoms. The second-order valence-corrected chi connectivity index (χ2v) is 9.25. The molecule has 2 fully saturated rings. The second-order valence-electron chi connectivity index (χ2n) is 9.25. The van der Waals surface area contributed by atoms with Gasteiger partial charge in [-0.05, 0) is 37.9 Å². The molecule has 1 spiro atoms. The Labute approximate surface area is 186 Å². The third kappa shape index (κ3) is 2.62. The van der Waals surface area contributed by atoms with Crippen molar-refractivity contribution >= 4 is 23.6 Å². The SMILES string of the molecule is COC(=O)C1=C2Nc3ccccc3C23CCN2CC(OC(C)=O)(C(C)OC(C)=O)C1CC23. The van der Waals surface area contributed by atoms with Crippen LogP contribution in [0.3, 0.4) is 0 Å². The first-order valence-corrected chi connectivity index (χ1v) is 11.0. The summed E-state index contributed by atoms with van der Waals surface area (Å²) in [5.74, 6) is -1.86. The molecule has 8 nitrogen and oxygen atoms in total. The number of methoxy groups -OCH3 is 1. The molecule has 2 saturated heterocycles. The van der Waals surface area contributed by atoms with E-state index in [2.05, 4.69) is 16.3 Å². The average Bonchev–Trinajstić information content (AvgIpc) is 3.29. The molecule has 1 aliphatic carbocycles. The van der Waals surface area contributed by atoms with Crippen molar-refractivity contribution in [2.45, 2.75) is 56.8 Å². The lowest BCUT2D eigenvalue weighted by molar-refractivity contribution is -0.206. The summed E-state index contributed by atoms with van der Waals surface area (Å²) in [6.07, 6.45) is 0.692. The van der Waals surface area contributed by atoms with Crippen LogP contribution in [0.2, 0.25) is 0 Å². The number of carbonyl (C=O) groups is 3. The highest BCUT2D eigenvalue weighted by molar-refractivity contribution is 5.94. The standard InChI is InChI=1S/C24H28N2O6/c1-13(31-14(2)27)24(32-15(3)28)12-26-10-9-23-16-7-5-6-8-18(16)25-21(23)20(22(29)30-4)17(24)11-19(23)26/h5-8,13,17,19,25H,9-12H2,1-4H3. The Kier molecular flexibility index (Phi) is 4.64. The number of piperidine rings is 1. The number of ether oxygens (including phenoxy) is 3. The molecule has 5 atom stereocenters.